The predicted molar refractivity (Wildman–Crippen MR) is 149 cm³/mol. The maximum Gasteiger partial charge on any atom is 0.226 e. The van der Waals surface area contributed by atoms with Crippen LogP contribution in [0.4, 0.5) is 10.1 Å². The topological polar surface area (TPSA) is 53.1 Å². The molecule has 0 bridgehead atoms. The number of rotatable bonds is 9. The highest BCUT2D eigenvalue weighted by atomic mass is 19.1. The van der Waals surface area contributed by atoms with Crippen LogP contribution in [0.15, 0.2) is 48.5 Å². The molecule has 2 amide bonds. The highest BCUT2D eigenvalue weighted by molar-refractivity contribution is 5.93. The lowest BCUT2D eigenvalue weighted by molar-refractivity contribution is -0.147. The Morgan fingerprint density at radius 2 is 1.58 bits per heavy atom. The summed E-state index contributed by atoms with van der Waals surface area (Å²) in [6, 6.07) is 14.7. The molecule has 1 aliphatic carbocycles. The molecule has 0 aromatic heterocycles. The molecule has 1 aliphatic heterocycles. The summed E-state index contributed by atoms with van der Waals surface area (Å²) >= 11 is 0. The molecule has 0 radical (unpaired) electrons. The molecule has 1 heterocycles. The van der Waals surface area contributed by atoms with Crippen molar-refractivity contribution in [1.29, 1.82) is 0 Å². The molecule has 1 saturated heterocycles. The average Bonchev–Trinajstić information content (AvgIpc) is 2.93. The van der Waals surface area contributed by atoms with Crippen molar-refractivity contribution < 1.29 is 18.7 Å². The standard InChI is InChI=1S/C31H42FN3O3/c1-23(36)35(24(2)37)31(25-11-5-4-6-12-25)27(26-13-7-8-14-28(26)32)17-18-33-19-21-34(22-20-33)29-15-9-10-16-30(29)38-3/h7-10,13-16,25,27,31H,4-6,11-12,17-22H2,1-3H3. The number of ether oxygens (including phenoxy) is 1. The normalized spacial score (nSPS) is 18.6. The number of anilines is 1. The number of methoxy groups -OCH3 is 1. The molecule has 2 atom stereocenters. The van der Waals surface area contributed by atoms with Crippen molar-refractivity contribution in [3.8, 4) is 5.75 Å². The minimum Gasteiger partial charge on any atom is -0.495 e. The number of hydrogen-bond acceptors (Lipinski definition) is 5. The van der Waals surface area contributed by atoms with E-state index in [1.165, 1.54) is 31.2 Å². The maximum atomic E-state index is 15.3. The average molecular weight is 524 g/mol. The van der Waals surface area contributed by atoms with Crippen molar-refractivity contribution in [1.82, 2.24) is 9.80 Å². The molecular formula is C31H42FN3O3. The van der Waals surface area contributed by atoms with E-state index in [4.69, 9.17) is 4.74 Å². The van der Waals surface area contributed by atoms with Crippen molar-refractivity contribution in [2.75, 3.05) is 44.7 Å². The molecule has 2 unspecified atom stereocenters. The number of halogens is 1. The number of piperazine rings is 1. The third kappa shape index (κ3) is 6.55. The Morgan fingerprint density at radius 1 is 0.947 bits per heavy atom. The molecule has 4 rings (SSSR count). The first-order chi connectivity index (χ1) is 18.4. The van der Waals surface area contributed by atoms with E-state index < -0.39 is 0 Å². The second-order valence-electron chi connectivity index (χ2n) is 10.7. The predicted octanol–water partition coefficient (Wildman–Crippen LogP) is 5.47. The van der Waals surface area contributed by atoms with Gasteiger partial charge in [-0.15, -0.1) is 0 Å². The van der Waals surface area contributed by atoms with E-state index >= 15 is 4.39 Å². The summed E-state index contributed by atoms with van der Waals surface area (Å²) in [5, 5.41) is 0. The molecule has 6 nitrogen and oxygen atoms in total. The molecule has 2 aromatic carbocycles. The number of para-hydroxylation sites is 2. The summed E-state index contributed by atoms with van der Waals surface area (Å²) in [7, 11) is 1.70. The van der Waals surface area contributed by atoms with Gasteiger partial charge in [0.2, 0.25) is 11.8 Å². The molecule has 2 aromatic rings. The van der Waals surface area contributed by atoms with Crippen molar-refractivity contribution in [3.05, 3.63) is 59.9 Å². The molecule has 0 spiro atoms. The first-order valence-corrected chi connectivity index (χ1v) is 14.1. The third-order valence-electron chi connectivity index (χ3n) is 8.38. The maximum absolute atomic E-state index is 15.3. The Morgan fingerprint density at radius 3 is 2.21 bits per heavy atom. The Balaban J connectivity index is 1.55. The summed E-state index contributed by atoms with van der Waals surface area (Å²) in [4.78, 5) is 31.8. The van der Waals surface area contributed by atoms with E-state index in [9.17, 15) is 9.59 Å². The second kappa shape index (κ2) is 13.2. The zero-order chi connectivity index (χ0) is 27.1. The first kappa shape index (κ1) is 28.1. The molecule has 0 N–H and O–H groups in total. The number of amides is 2. The molecule has 206 valence electrons. The van der Waals surface area contributed by atoms with Gasteiger partial charge in [-0.2, -0.15) is 0 Å². The summed E-state index contributed by atoms with van der Waals surface area (Å²) in [6.45, 7) is 7.25. The van der Waals surface area contributed by atoms with Gasteiger partial charge in [0, 0.05) is 52.0 Å². The van der Waals surface area contributed by atoms with Crippen LogP contribution >= 0.6 is 0 Å². The molecule has 7 heteroatoms. The number of carbonyl (C=O) groups excluding carboxylic acids is 2. The van der Waals surface area contributed by atoms with Gasteiger partial charge in [0.15, 0.2) is 0 Å². The van der Waals surface area contributed by atoms with E-state index in [0.29, 0.717) is 12.0 Å². The minimum absolute atomic E-state index is 0.184. The smallest absolute Gasteiger partial charge is 0.226 e. The van der Waals surface area contributed by atoms with Crippen molar-refractivity contribution >= 4 is 17.5 Å². The fourth-order valence-electron chi connectivity index (χ4n) is 6.55. The summed E-state index contributed by atoms with van der Waals surface area (Å²) in [5.74, 6) is 0.0540. The van der Waals surface area contributed by atoms with Gasteiger partial charge in [0.05, 0.1) is 12.8 Å². The molecule has 2 fully saturated rings. The monoisotopic (exact) mass is 523 g/mol. The number of nitrogens with zero attached hydrogens (tertiary/aromatic N) is 3. The molecule has 38 heavy (non-hydrogen) atoms. The zero-order valence-corrected chi connectivity index (χ0v) is 23.1. The Labute approximate surface area is 226 Å². The fraction of sp³-hybridized carbons (Fsp3) is 0.548. The van der Waals surface area contributed by atoms with Crippen LogP contribution in [0.2, 0.25) is 0 Å². The van der Waals surface area contributed by atoms with E-state index in [0.717, 1.165) is 69.8 Å². The number of carbonyl (C=O) groups is 2. The van der Waals surface area contributed by atoms with Crippen LogP contribution in [-0.4, -0.2) is 67.5 Å². The Hall–Kier alpha value is -2.93. The largest absolute Gasteiger partial charge is 0.495 e. The van der Waals surface area contributed by atoms with E-state index in [2.05, 4.69) is 15.9 Å². The van der Waals surface area contributed by atoms with Gasteiger partial charge in [0.25, 0.3) is 0 Å². The Kier molecular flexibility index (Phi) is 9.78. The zero-order valence-electron chi connectivity index (χ0n) is 23.1. The minimum atomic E-state index is -0.336. The lowest BCUT2D eigenvalue weighted by Gasteiger charge is -2.43. The van der Waals surface area contributed by atoms with Crippen LogP contribution in [0, 0.1) is 11.7 Å². The highest BCUT2D eigenvalue weighted by Gasteiger charge is 2.40. The summed E-state index contributed by atoms with van der Waals surface area (Å²) in [5.41, 5.74) is 1.72. The van der Waals surface area contributed by atoms with Crippen LogP contribution in [0.1, 0.15) is 63.9 Å². The van der Waals surface area contributed by atoms with Gasteiger partial charge in [0.1, 0.15) is 11.6 Å². The third-order valence-corrected chi connectivity index (χ3v) is 8.38. The first-order valence-electron chi connectivity index (χ1n) is 14.1. The quantitative estimate of drug-likeness (QED) is 0.436. The molecular weight excluding hydrogens is 481 g/mol. The van der Waals surface area contributed by atoms with Crippen LogP contribution in [0.5, 0.6) is 5.75 Å². The van der Waals surface area contributed by atoms with E-state index in [1.807, 2.05) is 30.3 Å². The molecule has 2 aliphatic rings. The van der Waals surface area contributed by atoms with Crippen LogP contribution in [-0.2, 0) is 9.59 Å². The van der Waals surface area contributed by atoms with Crippen molar-refractivity contribution in [3.63, 3.8) is 0 Å². The van der Waals surface area contributed by atoms with Gasteiger partial charge in [-0.25, -0.2) is 4.39 Å². The van der Waals surface area contributed by atoms with Crippen molar-refractivity contribution in [2.45, 2.75) is 64.3 Å². The number of hydrogen-bond donors (Lipinski definition) is 0. The fourth-order valence-corrected chi connectivity index (χ4v) is 6.55. The lowest BCUT2D eigenvalue weighted by atomic mass is 9.74. The van der Waals surface area contributed by atoms with Gasteiger partial charge in [-0.3, -0.25) is 19.4 Å². The van der Waals surface area contributed by atoms with Gasteiger partial charge in [-0.05, 0) is 55.5 Å². The van der Waals surface area contributed by atoms with Crippen LogP contribution in [0.25, 0.3) is 0 Å². The van der Waals surface area contributed by atoms with E-state index in [-0.39, 0.29) is 35.5 Å². The summed E-state index contributed by atoms with van der Waals surface area (Å²) in [6.07, 6.45) is 5.95. The Bertz CT molecular complexity index is 1070. The van der Waals surface area contributed by atoms with Crippen LogP contribution in [0.3, 0.4) is 0 Å². The van der Waals surface area contributed by atoms with Gasteiger partial charge < -0.3 is 9.64 Å². The SMILES string of the molecule is COc1ccccc1N1CCN(CCC(c2ccccc2F)C(C2CCCCC2)N(C(C)=O)C(C)=O)CC1. The second-order valence-corrected chi connectivity index (χ2v) is 10.7. The lowest BCUT2D eigenvalue weighted by Crippen LogP contribution is -2.51. The highest BCUT2D eigenvalue weighted by Crippen LogP contribution is 2.40. The molecule has 1 saturated carbocycles. The van der Waals surface area contributed by atoms with Crippen LogP contribution < -0.4 is 9.64 Å². The number of imide groups is 1. The number of benzene rings is 2. The summed E-state index contributed by atoms with van der Waals surface area (Å²) < 4.78 is 20.8. The van der Waals surface area contributed by atoms with E-state index in [1.54, 1.807) is 13.2 Å². The van der Waals surface area contributed by atoms with Gasteiger partial charge >= 0.3 is 0 Å². The van der Waals surface area contributed by atoms with Gasteiger partial charge in [-0.1, -0.05) is 49.6 Å². The van der Waals surface area contributed by atoms with Crippen molar-refractivity contribution in [2.24, 2.45) is 5.92 Å².